The van der Waals surface area contributed by atoms with Crippen LogP contribution in [0.25, 0.3) is 0 Å². The summed E-state index contributed by atoms with van der Waals surface area (Å²) in [5.74, 6) is 1.01. The Morgan fingerprint density at radius 3 is 2.58 bits per heavy atom. The first-order valence-corrected chi connectivity index (χ1v) is 16.0. The van der Waals surface area contributed by atoms with Crippen molar-refractivity contribution in [2.24, 2.45) is 0 Å². The molecule has 4 aromatic rings. The van der Waals surface area contributed by atoms with Crippen LogP contribution in [0.5, 0.6) is 17.2 Å². The molecule has 5 rings (SSSR count). The van der Waals surface area contributed by atoms with Crippen molar-refractivity contribution in [2.75, 3.05) is 26.1 Å². The maximum absolute atomic E-state index is 13.6. The quantitative estimate of drug-likeness (QED) is 0.153. The number of aromatic nitrogens is 1. The smallest absolute Gasteiger partial charge is 0.254 e. The molecule has 1 aliphatic heterocycles. The fraction of sp³-hybridized carbons (Fsp3) is 0.343. The molecule has 2 amide bonds. The second-order valence-electron chi connectivity index (χ2n) is 11.4. The molecule has 1 saturated heterocycles. The number of carbonyl (C=O) groups excluding carboxylic acids is 2. The number of phenols is 1. The summed E-state index contributed by atoms with van der Waals surface area (Å²) in [5.41, 5.74) is 4.40. The lowest BCUT2D eigenvalue weighted by atomic mass is 10.0. The summed E-state index contributed by atoms with van der Waals surface area (Å²) in [4.78, 5) is 33.4. The van der Waals surface area contributed by atoms with E-state index in [1.54, 1.807) is 42.7 Å². The van der Waals surface area contributed by atoms with Crippen LogP contribution < -0.4 is 20.1 Å². The standard InChI is InChI=1S/C35H40N4O5S/c1-22(10-11-24-12-13-30(32(40)16-24)36-20-25-7-5-8-28(15-25)43-3)37-33(41)26-17-27(19-29(18-26)44-4)35(42)39-14-6-9-31(39)34-38-23(2)21-45-34/h5,7-8,12-13,15-19,21-22,31,36,40H,6,9-11,14,20H2,1-4H3,(H,37,41)/t22-,31+/m0/s1. The molecule has 2 heterocycles. The number of benzene rings is 3. The van der Waals surface area contributed by atoms with Crippen LogP contribution in [0.1, 0.15) is 74.8 Å². The van der Waals surface area contributed by atoms with Crippen LogP contribution in [-0.2, 0) is 13.0 Å². The zero-order valence-corrected chi connectivity index (χ0v) is 26.9. The normalized spacial score (nSPS) is 15.0. The van der Waals surface area contributed by atoms with E-state index in [0.29, 0.717) is 48.5 Å². The average Bonchev–Trinajstić information content (AvgIpc) is 3.72. The van der Waals surface area contributed by atoms with E-state index in [0.717, 1.165) is 40.4 Å². The SMILES string of the molecule is COc1cccc(CNc2ccc(CC[C@H](C)NC(=O)c3cc(OC)cc(C(=O)N4CCC[C@@H]4c4nc(C)cs4)c3)cc2O)c1. The number of phenolic OH excluding ortho intramolecular Hbond substituents is 1. The van der Waals surface area contributed by atoms with Gasteiger partial charge in [0, 0.05) is 41.3 Å². The van der Waals surface area contributed by atoms with Crippen LogP contribution in [0.3, 0.4) is 0 Å². The number of thiazole rings is 1. The topological polar surface area (TPSA) is 113 Å². The molecule has 0 bridgehead atoms. The first-order chi connectivity index (χ1) is 21.7. The molecule has 1 aliphatic rings. The largest absolute Gasteiger partial charge is 0.506 e. The summed E-state index contributed by atoms with van der Waals surface area (Å²) in [6.07, 6.45) is 3.11. The third kappa shape index (κ3) is 7.94. The van der Waals surface area contributed by atoms with Crippen LogP contribution in [0, 0.1) is 6.92 Å². The van der Waals surface area contributed by atoms with Gasteiger partial charge in [0.25, 0.3) is 11.8 Å². The van der Waals surface area contributed by atoms with Gasteiger partial charge in [-0.15, -0.1) is 11.3 Å². The molecule has 1 fully saturated rings. The Labute approximate surface area is 268 Å². The molecule has 0 radical (unpaired) electrons. The van der Waals surface area contributed by atoms with Gasteiger partial charge in [-0.1, -0.05) is 18.2 Å². The molecule has 3 N–H and O–H groups in total. The van der Waals surface area contributed by atoms with Crippen LogP contribution in [0.15, 0.2) is 66.0 Å². The summed E-state index contributed by atoms with van der Waals surface area (Å²) in [5, 5.41) is 19.9. The van der Waals surface area contributed by atoms with Gasteiger partial charge in [-0.05, 0) is 93.1 Å². The van der Waals surface area contributed by atoms with E-state index >= 15 is 0 Å². The maximum atomic E-state index is 13.6. The van der Waals surface area contributed by atoms with E-state index in [9.17, 15) is 14.7 Å². The Balaban J connectivity index is 1.18. The third-order valence-electron chi connectivity index (χ3n) is 8.01. The first-order valence-electron chi connectivity index (χ1n) is 15.2. The number of aryl methyl sites for hydroxylation is 2. The second-order valence-corrected chi connectivity index (χ2v) is 12.3. The Hall–Kier alpha value is -4.57. The van der Waals surface area contributed by atoms with Crippen molar-refractivity contribution < 1.29 is 24.2 Å². The van der Waals surface area contributed by atoms with Gasteiger partial charge >= 0.3 is 0 Å². The minimum Gasteiger partial charge on any atom is -0.506 e. The van der Waals surface area contributed by atoms with Crippen molar-refractivity contribution in [3.05, 3.63) is 99.0 Å². The van der Waals surface area contributed by atoms with Gasteiger partial charge in [-0.2, -0.15) is 0 Å². The number of aromatic hydroxyl groups is 1. The highest BCUT2D eigenvalue weighted by Crippen LogP contribution is 2.35. The second kappa shape index (κ2) is 14.5. The highest BCUT2D eigenvalue weighted by atomic mass is 32.1. The van der Waals surface area contributed by atoms with E-state index in [2.05, 4.69) is 15.6 Å². The highest BCUT2D eigenvalue weighted by Gasteiger charge is 2.33. The molecule has 236 valence electrons. The molecule has 0 spiro atoms. The lowest BCUT2D eigenvalue weighted by molar-refractivity contribution is 0.0735. The van der Waals surface area contributed by atoms with E-state index in [1.165, 1.54) is 7.11 Å². The number of likely N-dealkylation sites (tertiary alicyclic amines) is 1. The fourth-order valence-corrected chi connectivity index (χ4v) is 6.50. The Kier molecular flexibility index (Phi) is 10.2. The lowest BCUT2D eigenvalue weighted by Crippen LogP contribution is -2.33. The number of rotatable bonds is 12. The van der Waals surface area contributed by atoms with Gasteiger partial charge < -0.3 is 30.1 Å². The minimum absolute atomic E-state index is 0.0584. The van der Waals surface area contributed by atoms with Crippen LogP contribution in [0.2, 0.25) is 0 Å². The van der Waals surface area contributed by atoms with Gasteiger partial charge in [-0.3, -0.25) is 9.59 Å². The van der Waals surface area contributed by atoms with Crippen LogP contribution in [-0.4, -0.2) is 53.6 Å². The van der Waals surface area contributed by atoms with E-state index < -0.39 is 0 Å². The zero-order chi connectivity index (χ0) is 31.9. The molecule has 1 aromatic heterocycles. The Bertz CT molecular complexity index is 1650. The number of methoxy groups -OCH3 is 2. The van der Waals surface area contributed by atoms with Crippen molar-refractivity contribution in [1.29, 1.82) is 0 Å². The summed E-state index contributed by atoms with van der Waals surface area (Å²) < 4.78 is 10.7. The number of anilines is 1. The number of nitrogens with zero attached hydrogens (tertiary/aromatic N) is 2. The molecule has 2 atom stereocenters. The summed E-state index contributed by atoms with van der Waals surface area (Å²) in [7, 11) is 3.16. The summed E-state index contributed by atoms with van der Waals surface area (Å²) in [6, 6.07) is 18.1. The molecule has 10 heteroatoms. The van der Waals surface area contributed by atoms with Gasteiger partial charge in [0.2, 0.25) is 0 Å². The molecule has 0 aliphatic carbocycles. The molecule has 45 heavy (non-hydrogen) atoms. The predicted octanol–water partition coefficient (Wildman–Crippen LogP) is 6.51. The average molecular weight is 629 g/mol. The highest BCUT2D eigenvalue weighted by molar-refractivity contribution is 7.09. The summed E-state index contributed by atoms with van der Waals surface area (Å²) >= 11 is 1.58. The molecule has 3 aromatic carbocycles. The Morgan fingerprint density at radius 2 is 1.84 bits per heavy atom. The summed E-state index contributed by atoms with van der Waals surface area (Å²) in [6.45, 7) is 5.10. The van der Waals surface area contributed by atoms with Crippen molar-refractivity contribution >= 4 is 28.8 Å². The number of hydrogen-bond acceptors (Lipinski definition) is 8. The number of hydrogen-bond donors (Lipinski definition) is 3. The molecule has 0 unspecified atom stereocenters. The molecule has 9 nitrogen and oxygen atoms in total. The predicted molar refractivity (Wildman–Crippen MR) is 177 cm³/mol. The molecular formula is C35H40N4O5S. The van der Waals surface area contributed by atoms with Crippen molar-refractivity contribution in [1.82, 2.24) is 15.2 Å². The Morgan fingerprint density at radius 1 is 1.04 bits per heavy atom. The zero-order valence-electron chi connectivity index (χ0n) is 26.1. The van der Waals surface area contributed by atoms with Crippen molar-refractivity contribution in [3.8, 4) is 17.2 Å². The minimum atomic E-state index is -0.274. The number of carbonyl (C=O) groups is 2. The van der Waals surface area contributed by atoms with Crippen molar-refractivity contribution in [2.45, 2.75) is 58.2 Å². The molecular weight excluding hydrogens is 588 g/mol. The van der Waals surface area contributed by atoms with E-state index in [1.807, 2.05) is 60.5 Å². The fourth-order valence-electron chi connectivity index (χ4n) is 5.55. The number of nitrogens with one attached hydrogen (secondary N) is 2. The first kappa shape index (κ1) is 31.8. The van der Waals surface area contributed by atoms with Crippen LogP contribution >= 0.6 is 11.3 Å². The maximum Gasteiger partial charge on any atom is 0.254 e. The monoisotopic (exact) mass is 628 g/mol. The van der Waals surface area contributed by atoms with Gasteiger partial charge in [-0.25, -0.2) is 4.98 Å². The third-order valence-corrected chi connectivity index (χ3v) is 9.07. The van der Waals surface area contributed by atoms with Gasteiger partial charge in [0.1, 0.15) is 22.3 Å². The van der Waals surface area contributed by atoms with Gasteiger partial charge in [0.15, 0.2) is 0 Å². The molecule has 0 saturated carbocycles. The number of ether oxygens (including phenoxy) is 2. The van der Waals surface area contributed by atoms with E-state index in [4.69, 9.17) is 9.47 Å². The van der Waals surface area contributed by atoms with Crippen molar-refractivity contribution in [3.63, 3.8) is 0 Å². The van der Waals surface area contributed by atoms with Gasteiger partial charge in [0.05, 0.1) is 25.9 Å². The van der Waals surface area contributed by atoms with Crippen LogP contribution in [0.4, 0.5) is 5.69 Å². The lowest BCUT2D eigenvalue weighted by Gasteiger charge is -2.24. The number of amides is 2. The van der Waals surface area contributed by atoms with E-state index in [-0.39, 0.29) is 29.6 Å².